The summed E-state index contributed by atoms with van der Waals surface area (Å²) in [6, 6.07) is 20.0. The molecule has 2 nitrogen and oxygen atoms in total. The summed E-state index contributed by atoms with van der Waals surface area (Å²) in [4.78, 5) is 2.53. The zero-order valence-corrected chi connectivity index (χ0v) is 12.9. The molecule has 1 fully saturated rings. The lowest BCUT2D eigenvalue weighted by molar-refractivity contribution is 0.368. The van der Waals surface area contributed by atoms with Crippen molar-refractivity contribution in [2.75, 3.05) is 24.5 Å². The molecule has 0 aromatic heterocycles. The van der Waals surface area contributed by atoms with Gasteiger partial charge in [-0.05, 0) is 17.5 Å². The van der Waals surface area contributed by atoms with Crippen molar-refractivity contribution >= 4 is 5.69 Å². The van der Waals surface area contributed by atoms with Gasteiger partial charge in [-0.2, -0.15) is 0 Å². The summed E-state index contributed by atoms with van der Waals surface area (Å²) in [7, 11) is 0. The highest BCUT2D eigenvalue weighted by Gasteiger charge is 2.23. The largest absolute Gasteiger partial charge is 0.368 e. The molecule has 3 rings (SSSR count). The Balaban J connectivity index is 1.92. The topological polar surface area (TPSA) is 15.3 Å². The Bertz CT molecular complexity index is 577. The van der Waals surface area contributed by atoms with Gasteiger partial charge in [0.1, 0.15) is 0 Å². The first-order valence-corrected chi connectivity index (χ1v) is 7.88. The van der Waals surface area contributed by atoms with Crippen LogP contribution < -0.4 is 10.2 Å². The van der Waals surface area contributed by atoms with Crippen molar-refractivity contribution in [3.8, 4) is 11.1 Å². The Morgan fingerprint density at radius 3 is 2.48 bits per heavy atom. The zero-order chi connectivity index (χ0) is 14.7. The average molecular weight is 280 g/mol. The predicted molar refractivity (Wildman–Crippen MR) is 90.7 cm³/mol. The standard InChI is InChI=1S/C19H24N2/c1-15(2)18-14-21(13-12-20-18)19-11-7-6-10-17(19)16-8-4-3-5-9-16/h3-11,15,18,20H,12-14H2,1-2H3. The summed E-state index contributed by atoms with van der Waals surface area (Å²) in [6.45, 7) is 7.81. The summed E-state index contributed by atoms with van der Waals surface area (Å²) in [5.74, 6) is 0.664. The summed E-state index contributed by atoms with van der Waals surface area (Å²) < 4.78 is 0. The monoisotopic (exact) mass is 280 g/mol. The highest BCUT2D eigenvalue weighted by molar-refractivity contribution is 5.78. The van der Waals surface area contributed by atoms with Gasteiger partial charge in [0.2, 0.25) is 0 Å². The van der Waals surface area contributed by atoms with Crippen molar-refractivity contribution in [3.63, 3.8) is 0 Å². The molecule has 0 saturated carbocycles. The number of nitrogens with one attached hydrogen (secondary N) is 1. The van der Waals surface area contributed by atoms with Gasteiger partial charge in [-0.25, -0.2) is 0 Å². The van der Waals surface area contributed by atoms with Crippen LogP contribution >= 0.6 is 0 Å². The van der Waals surface area contributed by atoms with Gasteiger partial charge in [0.25, 0.3) is 0 Å². The Morgan fingerprint density at radius 1 is 1.00 bits per heavy atom. The third-order valence-corrected chi connectivity index (χ3v) is 4.34. The first-order valence-electron chi connectivity index (χ1n) is 7.88. The van der Waals surface area contributed by atoms with Crippen molar-refractivity contribution in [1.29, 1.82) is 0 Å². The van der Waals surface area contributed by atoms with E-state index in [1.807, 2.05) is 0 Å². The number of nitrogens with zero attached hydrogens (tertiary/aromatic N) is 1. The summed E-state index contributed by atoms with van der Waals surface area (Å²) in [6.07, 6.45) is 0. The molecular formula is C19H24N2. The maximum Gasteiger partial charge on any atom is 0.0446 e. The third-order valence-electron chi connectivity index (χ3n) is 4.34. The predicted octanol–water partition coefficient (Wildman–Crippen LogP) is 3.79. The SMILES string of the molecule is CC(C)C1CN(c2ccccc2-c2ccccc2)CCN1. The van der Waals surface area contributed by atoms with Gasteiger partial charge in [0.15, 0.2) is 0 Å². The van der Waals surface area contributed by atoms with Crippen LogP contribution in [-0.4, -0.2) is 25.7 Å². The van der Waals surface area contributed by atoms with Gasteiger partial charge in [-0.15, -0.1) is 0 Å². The minimum absolute atomic E-state index is 0.572. The fraction of sp³-hybridized carbons (Fsp3) is 0.368. The molecule has 1 atom stereocenters. The minimum Gasteiger partial charge on any atom is -0.368 e. The van der Waals surface area contributed by atoms with Gasteiger partial charge in [0, 0.05) is 36.9 Å². The Hall–Kier alpha value is -1.80. The second kappa shape index (κ2) is 6.31. The van der Waals surface area contributed by atoms with E-state index in [4.69, 9.17) is 0 Å². The average Bonchev–Trinajstić information content (AvgIpc) is 2.56. The lowest BCUT2D eigenvalue weighted by atomic mass is 9.99. The van der Waals surface area contributed by atoms with Gasteiger partial charge < -0.3 is 10.2 Å². The molecule has 1 N–H and O–H groups in total. The number of anilines is 1. The molecule has 1 aliphatic heterocycles. The summed E-state index contributed by atoms with van der Waals surface area (Å²) >= 11 is 0. The van der Waals surface area contributed by atoms with E-state index in [0.717, 1.165) is 19.6 Å². The molecule has 2 aromatic carbocycles. The molecule has 0 spiro atoms. The van der Waals surface area contributed by atoms with E-state index >= 15 is 0 Å². The highest BCUT2D eigenvalue weighted by atomic mass is 15.2. The van der Waals surface area contributed by atoms with Crippen LogP contribution in [0.1, 0.15) is 13.8 Å². The first-order chi connectivity index (χ1) is 10.3. The van der Waals surface area contributed by atoms with Crippen molar-refractivity contribution in [3.05, 3.63) is 54.6 Å². The molecule has 1 unspecified atom stereocenters. The number of hydrogen-bond acceptors (Lipinski definition) is 2. The van der Waals surface area contributed by atoms with Crippen LogP contribution in [0.15, 0.2) is 54.6 Å². The van der Waals surface area contributed by atoms with Crippen molar-refractivity contribution in [2.24, 2.45) is 5.92 Å². The number of rotatable bonds is 3. The number of piperazine rings is 1. The molecule has 110 valence electrons. The molecule has 2 heteroatoms. The fourth-order valence-corrected chi connectivity index (χ4v) is 3.05. The van der Waals surface area contributed by atoms with Gasteiger partial charge in [0.05, 0.1) is 0 Å². The van der Waals surface area contributed by atoms with Gasteiger partial charge in [-0.3, -0.25) is 0 Å². The molecule has 1 aliphatic rings. The van der Waals surface area contributed by atoms with E-state index in [1.165, 1.54) is 16.8 Å². The smallest absolute Gasteiger partial charge is 0.0446 e. The number of hydrogen-bond donors (Lipinski definition) is 1. The molecular weight excluding hydrogens is 256 g/mol. The van der Waals surface area contributed by atoms with Crippen molar-refractivity contribution in [2.45, 2.75) is 19.9 Å². The third kappa shape index (κ3) is 3.11. The van der Waals surface area contributed by atoms with E-state index in [1.54, 1.807) is 0 Å². The van der Waals surface area contributed by atoms with Crippen LogP contribution in [0.25, 0.3) is 11.1 Å². The number of para-hydroxylation sites is 1. The minimum atomic E-state index is 0.572. The fourth-order valence-electron chi connectivity index (χ4n) is 3.05. The molecule has 0 radical (unpaired) electrons. The quantitative estimate of drug-likeness (QED) is 0.920. The zero-order valence-electron chi connectivity index (χ0n) is 12.9. The van der Waals surface area contributed by atoms with Crippen LogP contribution in [0.3, 0.4) is 0 Å². The highest BCUT2D eigenvalue weighted by Crippen LogP contribution is 2.31. The maximum atomic E-state index is 3.64. The second-order valence-electron chi connectivity index (χ2n) is 6.13. The summed E-state index contributed by atoms with van der Waals surface area (Å²) in [5, 5.41) is 3.64. The molecule has 0 aliphatic carbocycles. The van der Waals surface area contributed by atoms with E-state index < -0.39 is 0 Å². The molecule has 0 amide bonds. The maximum absolute atomic E-state index is 3.64. The van der Waals surface area contributed by atoms with Gasteiger partial charge >= 0.3 is 0 Å². The molecule has 2 aromatic rings. The van der Waals surface area contributed by atoms with Crippen LogP contribution in [0.4, 0.5) is 5.69 Å². The molecule has 1 heterocycles. The normalized spacial score (nSPS) is 19.0. The Labute approximate surface area is 127 Å². The van der Waals surface area contributed by atoms with Crippen LogP contribution in [-0.2, 0) is 0 Å². The van der Waals surface area contributed by atoms with E-state index in [2.05, 4.69) is 78.7 Å². The van der Waals surface area contributed by atoms with E-state index in [-0.39, 0.29) is 0 Å². The molecule has 0 bridgehead atoms. The lowest BCUT2D eigenvalue weighted by Gasteiger charge is -2.38. The number of benzene rings is 2. The Kier molecular flexibility index (Phi) is 4.26. The lowest BCUT2D eigenvalue weighted by Crippen LogP contribution is -2.53. The van der Waals surface area contributed by atoms with Crippen LogP contribution in [0.2, 0.25) is 0 Å². The van der Waals surface area contributed by atoms with E-state index in [0.29, 0.717) is 12.0 Å². The first kappa shape index (κ1) is 14.2. The van der Waals surface area contributed by atoms with Crippen molar-refractivity contribution < 1.29 is 0 Å². The second-order valence-corrected chi connectivity index (χ2v) is 6.13. The molecule has 21 heavy (non-hydrogen) atoms. The van der Waals surface area contributed by atoms with Crippen LogP contribution in [0.5, 0.6) is 0 Å². The van der Waals surface area contributed by atoms with E-state index in [9.17, 15) is 0 Å². The Morgan fingerprint density at radius 2 is 1.71 bits per heavy atom. The van der Waals surface area contributed by atoms with Gasteiger partial charge in [-0.1, -0.05) is 62.4 Å². The van der Waals surface area contributed by atoms with Crippen LogP contribution in [0, 0.1) is 5.92 Å². The van der Waals surface area contributed by atoms with Crippen molar-refractivity contribution in [1.82, 2.24) is 5.32 Å². The molecule has 1 saturated heterocycles. The summed E-state index contributed by atoms with van der Waals surface area (Å²) in [5.41, 5.74) is 3.99.